The summed E-state index contributed by atoms with van der Waals surface area (Å²) >= 11 is 0. The van der Waals surface area contributed by atoms with E-state index in [9.17, 15) is 12.8 Å². The normalized spacial score (nSPS) is 21.3. The van der Waals surface area contributed by atoms with Gasteiger partial charge in [-0.05, 0) is 30.9 Å². The number of benzene rings is 1. The predicted octanol–water partition coefficient (Wildman–Crippen LogP) is 2.24. The highest BCUT2D eigenvalue weighted by Crippen LogP contribution is 2.25. The van der Waals surface area contributed by atoms with Crippen LogP contribution in [0.2, 0.25) is 0 Å². The van der Waals surface area contributed by atoms with Crippen molar-refractivity contribution >= 4 is 15.9 Å². The SMILES string of the molecule is C[C@@H]1CCCN(S(=O)(=O)N(C)c2ccccc2F)C1. The van der Waals surface area contributed by atoms with Crippen molar-refractivity contribution in [3.63, 3.8) is 0 Å². The second-order valence-corrected chi connectivity index (χ2v) is 6.99. The molecule has 1 saturated heterocycles. The third kappa shape index (κ3) is 2.90. The van der Waals surface area contributed by atoms with Crippen LogP contribution in [0.15, 0.2) is 24.3 Å². The molecule has 1 aromatic rings. The lowest BCUT2D eigenvalue weighted by Gasteiger charge is -2.33. The predicted molar refractivity (Wildman–Crippen MR) is 73.7 cm³/mol. The van der Waals surface area contributed by atoms with E-state index >= 15 is 0 Å². The minimum atomic E-state index is -3.64. The van der Waals surface area contributed by atoms with Gasteiger partial charge in [0.2, 0.25) is 0 Å². The highest BCUT2D eigenvalue weighted by Gasteiger charge is 2.31. The minimum Gasteiger partial charge on any atom is -0.258 e. The number of hydrogen-bond acceptors (Lipinski definition) is 2. The molecule has 0 aromatic heterocycles. The van der Waals surface area contributed by atoms with Crippen molar-refractivity contribution in [2.24, 2.45) is 5.92 Å². The van der Waals surface area contributed by atoms with Gasteiger partial charge in [0.15, 0.2) is 0 Å². The summed E-state index contributed by atoms with van der Waals surface area (Å²) in [6.45, 7) is 3.04. The fraction of sp³-hybridized carbons (Fsp3) is 0.538. The molecule has 1 aromatic carbocycles. The molecule has 19 heavy (non-hydrogen) atoms. The molecule has 0 N–H and O–H groups in total. The standard InChI is InChI=1S/C13H19FN2O2S/c1-11-6-5-9-16(10-11)19(17,18)15(2)13-8-4-3-7-12(13)14/h3-4,7-8,11H,5-6,9-10H2,1-2H3/t11-/m1/s1. The van der Waals surface area contributed by atoms with Gasteiger partial charge in [-0.25, -0.2) is 4.39 Å². The molecule has 0 aliphatic carbocycles. The topological polar surface area (TPSA) is 40.6 Å². The number of anilines is 1. The van der Waals surface area contributed by atoms with Crippen molar-refractivity contribution < 1.29 is 12.8 Å². The quantitative estimate of drug-likeness (QED) is 0.855. The van der Waals surface area contributed by atoms with Gasteiger partial charge in [-0.3, -0.25) is 4.31 Å². The Kier molecular flexibility index (Phi) is 4.10. The Morgan fingerprint density at radius 3 is 2.68 bits per heavy atom. The zero-order valence-electron chi connectivity index (χ0n) is 11.2. The van der Waals surface area contributed by atoms with Gasteiger partial charge in [-0.2, -0.15) is 12.7 Å². The lowest BCUT2D eigenvalue weighted by atomic mass is 10.0. The van der Waals surface area contributed by atoms with Crippen LogP contribution in [-0.2, 0) is 10.2 Å². The molecule has 1 aliphatic rings. The Morgan fingerprint density at radius 1 is 1.37 bits per heavy atom. The molecular formula is C13H19FN2O2S. The first-order chi connectivity index (χ1) is 8.93. The van der Waals surface area contributed by atoms with Crippen molar-refractivity contribution in [3.05, 3.63) is 30.1 Å². The van der Waals surface area contributed by atoms with Crippen LogP contribution < -0.4 is 4.31 Å². The summed E-state index contributed by atoms with van der Waals surface area (Å²) in [5.41, 5.74) is 0.0840. The average molecular weight is 286 g/mol. The summed E-state index contributed by atoms with van der Waals surface area (Å²) in [7, 11) is -2.25. The lowest BCUT2D eigenvalue weighted by Crippen LogP contribution is -2.46. The summed E-state index contributed by atoms with van der Waals surface area (Å²) in [5.74, 6) is -0.184. The first-order valence-corrected chi connectivity index (χ1v) is 7.81. The van der Waals surface area contributed by atoms with Crippen molar-refractivity contribution in [1.82, 2.24) is 4.31 Å². The van der Waals surface area contributed by atoms with E-state index in [4.69, 9.17) is 0 Å². The maximum atomic E-state index is 13.7. The summed E-state index contributed by atoms with van der Waals surface area (Å²) < 4.78 is 41.1. The summed E-state index contributed by atoms with van der Waals surface area (Å²) in [5, 5.41) is 0. The van der Waals surface area contributed by atoms with Crippen molar-refractivity contribution in [2.45, 2.75) is 19.8 Å². The van der Waals surface area contributed by atoms with Gasteiger partial charge < -0.3 is 0 Å². The summed E-state index contributed by atoms with van der Waals surface area (Å²) in [6.07, 6.45) is 1.89. The van der Waals surface area contributed by atoms with Gasteiger partial charge >= 0.3 is 10.2 Å². The second-order valence-electron chi connectivity index (χ2n) is 5.03. The van der Waals surface area contributed by atoms with Gasteiger partial charge in [0.25, 0.3) is 0 Å². The Labute approximate surface area is 114 Å². The van der Waals surface area contributed by atoms with E-state index in [-0.39, 0.29) is 5.69 Å². The fourth-order valence-electron chi connectivity index (χ4n) is 2.36. The Bertz CT molecular complexity index is 547. The number of para-hydroxylation sites is 1. The molecule has 2 rings (SSSR count). The van der Waals surface area contributed by atoms with Crippen molar-refractivity contribution in [3.8, 4) is 0 Å². The van der Waals surface area contributed by atoms with E-state index in [1.54, 1.807) is 12.1 Å². The second kappa shape index (κ2) is 5.46. The van der Waals surface area contributed by atoms with E-state index in [1.165, 1.54) is 23.5 Å². The van der Waals surface area contributed by atoms with Crippen LogP contribution in [0.1, 0.15) is 19.8 Å². The molecule has 1 aliphatic heterocycles. The van der Waals surface area contributed by atoms with Crippen LogP contribution in [0.4, 0.5) is 10.1 Å². The molecule has 4 nitrogen and oxygen atoms in total. The van der Waals surface area contributed by atoms with E-state index in [0.29, 0.717) is 19.0 Å². The van der Waals surface area contributed by atoms with Gasteiger partial charge in [0.05, 0.1) is 5.69 Å². The van der Waals surface area contributed by atoms with Gasteiger partial charge in [-0.15, -0.1) is 0 Å². The Hall–Kier alpha value is -1.14. The smallest absolute Gasteiger partial charge is 0.258 e. The molecule has 0 saturated carbocycles. The molecule has 1 heterocycles. The monoisotopic (exact) mass is 286 g/mol. The molecule has 0 spiro atoms. The van der Waals surface area contributed by atoms with Crippen LogP contribution in [0.5, 0.6) is 0 Å². The third-order valence-electron chi connectivity index (χ3n) is 3.48. The fourth-order valence-corrected chi connectivity index (χ4v) is 3.91. The zero-order valence-corrected chi connectivity index (χ0v) is 12.0. The molecule has 1 fully saturated rings. The highest BCUT2D eigenvalue weighted by molar-refractivity contribution is 7.90. The molecule has 0 radical (unpaired) electrons. The number of nitrogens with zero attached hydrogens (tertiary/aromatic N) is 2. The molecule has 0 bridgehead atoms. The van der Waals surface area contributed by atoms with E-state index < -0.39 is 16.0 Å². The van der Waals surface area contributed by atoms with Gasteiger partial charge in [0.1, 0.15) is 5.82 Å². The lowest BCUT2D eigenvalue weighted by molar-refractivity contribution is 0.281. The summed E-state index contributed by atoms with van der Waals surface area (Å²) in [6, 6.07) is 5.91. The number of rotatable bonds is 3. The first kappa shape index (κ1) is 14.3. The van der Waals surface area contributed by atoms with Crippen molar-refractivity contribution in [2.75, 3.05) is 24.4 Å². The molecular weight excluding hydrogens is 267 g/mol. The first-order valence-electron chi connectivity index (χ1n) is 6.41. The Morgan fingerprint density at radius 2 is 2.05 bits per heavy atom. The van der Waals surface area contributed by atoms with Crippen LogP contribution in [0.25, 0.3) is 0 Å². The van der Waals surface area contributed by atoms with Gasteiger partial charge in [0, 0.05) is 20.1 Å². The summed E-state index contributed by atoms with van der Waals surface area (Å²) in [4.78, 5) is 0. The average Bonchev–Trinajstić information content (AvgIpc) is 2.38. The molecule has 106 valence electrons. The van der Waals surface area contributed by atoms with Crippen molar-refractivity contribution in [1.29, 1.82) is 0 Å². The van der Waals surface area contributed by atoms with Crippen LogP contribution >= 0.6 is 0 Å². The van der Waals surface area contributed by atoms with Crippen LogP contribution in [0.3, 0.4) is 0 Å². The maximum Gasteiger partial charge on any atom is 0.303 e. The minimum absolute atomic E-state index is 0.0840. The molecule has 6 heteroatoms. The van der Waals surface area contributed by atoms with E-state index in [2.05, 4.69) is 0 Å². The number of halogens is 1. The molecule has 1 atom stereocenters. The maximum absolute atomic E-state index is 13.7. The third-order valence-corrected chi connectivity index (χ3v) is 5.36. The van der Waals surface area contributed by atoms with Crippen LogP contribution in [0, 0.1) is 11.7 Å². The number of piperidine rings is 1. The van der Waals surface area contributed by atoms with Gasteiger partial charge in [-0.1, -0.05) is 19.1 Å². The van der Waals surface area contributed by atoms with E-state index in [0.717, 1.165) is 17.1 Å². The molecule has 0 unspecified atom stereocenters. The highest BCUT2D eigenvalue weighted by atomic mass is 32.2. The largest absolute Gasteiger partial charge is 0.303 e. The Balaban J connectivity index is 2.26. The van der Waals surface area contributed by atoms with Crippen LogP contribution in [-0.4, -0.2) is 32.9 Å². The van der Waals surface area contributed by atoms with E-state index in [1.807, 2.05) is 6.92 Å². The zero-order chi connectivity index (χ0) is 14.0. The number of hydrogen-bond donors (Lipinski definition) is 0. The molecule has 0 amide bonds.